The van der Waals surface area contributed by atoms with Gasteiger partial charge >= 0.3 is 0 Å². The lowest BCUT2D eigenvalue weighted by molar-refractivity contribution is 0.304. The normalized spacial score (nSPS) is 12.2. The van der Waals surface area contributed by atoms with E-state index in [1.807, 2.05) is 0 Å². The molecule has 0 spiro atoms. The standard InChI is InChI=1S/C32H40O2/c1-4-5-6-7-8-9-10-11-22-33-27-19-21-28-26(23-27)18-20-30-29(28)15-13-17-32(30)34-31-16-12-14-24(2)25(31)3/h12-17,19,21,23H,4-11,18,20,22H2,1-3H3. The molecule has 0 amide bonds. The van der Waals surface area contributed by atoms with Gasteiger partial charge in [0.15, 0.2) is 0 Å². The first-order valence-corrected chi connectivity index (χ1v) is 13.3. The second kappa shape index (κ2) is 12.1. The number of benzene rings is 3. The number of unbranched alkanes of at least 4 members (excludes halogenated alkanes) is 7. The summed E-state index contributed by atoms with van der Waals surface area (Å²) in [7, 11) is 0. The third-order valence-corrected chi connectivity index (χ3v) is 7.19. The van der Waals surface area contributed by atoms with E-state index in [0.717, 1.165) is 43.1 Å². The number of hydrogen-bond acceptors (Lipinski definition) is 2. The van der Waals surface area contributed by atoms with Crippen molar-refractivity contribution in [3.8, 4) is 28.4 Å². The van der Waals surface area contributed by atoms with Gasteiger partial charge in [0.05, 0.1) is 6.61 Å². The largest absolute Gasteiger partial charge is 0.494 e. The van der Waals surface area contributed by atoms with E-state index in [9.17, 15) is 0 Å². The van der Waals surface area contributed by atoms with E-state index in [-0.39, 0.29) is 0 Å². The lowest BCUT2D eigenvalue weighted by atomic mass is 9.85. The Kier molecular flexibility index (Phi) is 8.68. The minimum absolute atomic E-state index is 0.818. The van der Waals surface area contributed by atoms with E-state index < -0.39 is 0 Å². The van der Waals surface area contributed by atoms with Crippen molar-refractivity contribution in [3.05, 3.63) is 76.9 Å². The first-order chi connectivity index (χ1) is 16.7. The molecule has 0 saturated carbocycles. The van der Waals surface area contributed by atoms with Crippen LogP contribution < -0.4 is 9.47 Å². The Labute approximate surface area is 206 Å². The minimum Gasteiger partial charge on any atom is -0.494 e. The number of rotatable bonds is 12. The molecule has 0 aromatic heterocycles. The third-order valence-electron chi connectivity index (χ3n) is 7.19. The smallest absolute Gasteiger partial charge is 0.131 e. The summed E-state index contributed by atoms with van der Waals surface area (Å²) < 4.78 is 12.5. The van der Waals surface area contributed by atoms with Crippen molar-refractivity contribution in [1.82, 2.24) is 0 Å². The summed E-state index contributed by atoms with van der Waals surface area (Å²) in [6.45, 7) is 7.35. The molecule has 2 heteroatoms. The van der Waals surface area contributed by atoms with E-state index in [0.29, 0.717) is 0 Å². The Bertz CT molecular complexity index is 1080. The molecule has 0 fully saturated rings. The molecule has 0 aliphatic heterocycles. The molecular formula is C32H40O2. The van der Waals surface area contributed by atoms with Crippen LogP contribution in [0.4, 0.5) is 0 Å². The van der Waals surface area contributed by atoms with Gasteiger partial charge in [0.25, 0.3) is 0 Å². The quantitative estimate of drug-likeness (QED) is 0.253. The van der Waals surface area contributed by atoms with Crippen molar-refractivity contribution in [2.24, 2.45) is 0 Å². The predicted octanol–water partition coefficient (Wildman–Crippen LogP) is 9.38. The first-order valence-electron chi connectivity index (χ1n) is 13.3. The lowest BCUT2D eigenvalue weighted by Gasteiger charge is -2.23. The minimum atomic E-state index is 0.818. The molecule has 1 aliphatic rings. The average Bonchev–Trinajstić information content (AvgIpc) is 2.85. The van der Waals surface area contributed by atoms with Crippen LogP contribution in [0.15, 0.2) is 54.6 Å². The van der Waals surface area contributed by atoms with Gasteiger partial charge in [-0.15, -0.1) is 0 Å². The van der Waals surface area contributed by atoms with Crippen LogP contribution in [0, 0.1) is 13.8 Å². The molecule has 0 heterocycles. The SMILES string of the molecule is CCCCCCCCCCOc1ccc2c(c1)CCc1c(Oc3cccc(C)c3C)cccc1-2. The van der Waals surface area contributed by atoms with Crippen LogP contribution in [0.25, 0.3) is 11.1 Å². The summed E-state index contributed by atoms with van der Waals surface area (Å²) in [5.41, 5.74) is 7.75. The molecular weight excluding hydrogens is 416 g/mol. The van der Waals surface area contributed by atoms with Gasteiger partial charge in [-0.3, -0.25) is 0 Å². The lowest BCUT2D eigenvalue weighted by Crippen LogP contribution is -2.07. The first kappa shape index (κ1) is 24.4. The van der Waals surface area contributed by atoms with E-state index >= 15 is 0 Å². The molecule has 2 nitrogen and oxygen atoms in total. The highest BCUT2D eigenvalue weighted by Crippen LogP contribution is 2.41. The van der Waals surface area contributed by atoms with E-state index in [1.54, 1.807) is 0 Å². The molecule has 0 unspecified atom stereocenters. The molecule has 0 radical (unpaired) electrons. The molecule has 0 N–H and O–H groups in total. The van der Waals surface area contributed by atoms with Crippen molar-refractivity contribution in [3.63, 3.8) is 0 Å². The van der Waals surface area contributed by atoms with Gasteiger partial charge in [0.2, 0.25) is 0 Å². The van der Waals surface area contributed by atoms with Crippen LogP contribution in [0.3, 0.4) is 0 Å². The van der Waals surface area contributed by atoms with Crippen LogP contribution in [0.2, 0.25) is 0 Å². The van der Waals surface area contributed by atoms with Crippen LogP contribution in [0.5, 0.6) is 17.2 Å². The summed E-state index contributed by atoms with van der Waals surface area (Å²) in [6, 6.07) is 19.3. The maximum Gasteiger partial charge on any atom is 0.131 e. The highest BCUT2D eigenvalue weighted by atomic mass is 16.5. The molecule has 0 bridgehead atoms. The predicted molar refractivity (Wildman–Crippen MR) is 143 cm³/mol. The van der Waals surface area contributed by atoms with Gasteiger partial charge in [-0.1, -0.05) is 82.2 Å². The highest BCUT2D eigenvalue weighted by molar-refractivity contribution is 5.76. The maximum atomic E-state index is 6.42. The number of fused-ring (bicyclic) bond motifs is 3. The van der Waals surface area contributed by atoms with E-state index in [2.05, 4.69) is 75.4 Å². The summed E-state index contributed by atoms with van der Waals surface area (Å²) >= 11 is 0. The van der Waals surface area contributed by atoms with Gasteiger partial charge in [-0.2, -0.15) is 0 Å². The summed E-state index contributed by atoms with van der Waals surface area (Å²) in [5.74, 6) is 2.93. The van der Waals surface area contributed by atoms with Crippen molar-refractivity contribution >= 4 is 0 Å². The zero-order chi connectivity index (χ0) is 23.8. The van der Waals surface area contributed by atoms with Gasteiger partial charge in [0, 0.05) is 5.56 Å². The molecule has 4 rings (SSSR count). The zero-order valence-electron chi connectivity index (χ0n) is 21.3. The monoisotopic (exact) mass is 456 g/mol. The van der Waals surface area contributed by atoms with Gasteiger partial charge in [-0.05, 0) is 85.2 Å². The number of ether oxygens (including phenoxy) is 2. The van der Waals surface area contributed by atoms with Crippen molar-refractivity contribution in [2.75, 3.05) is 6.61 Å². The Hall–Kier alpha value is -2.74. The Balaban J connectivity index is 1.36. The highest BCUT2D eigenvalue weighted by Gasteiger charge is 2.20. The van der Waals surface area contributed by atoms with E-state index in [1.165, 1.54) is 78.3 Å². The van der Waals surface area contributed by atoms with Crippen LogP contribution in [-0.4, -0.2) is 6.61 Å². The van der Waals surface area contributed by atoms with Crippen LogP contribution >= 0.6 is 0 Å². The molecule has 3 aromatic rings. The second-order valence-corrected chi connectivity index (χ2v) is 9.72. The molecule has 0 saturated heterocycles. The summed E-state index contributed by atoms with van der Waals surface area (Å²) in [4.78, 5) is 0. The number of hydrogen-bond donors (Lipinski definition) is 0. The molecule has 3 aromatic carbocycles. The van der Waals surface area contributed by atoms with Crippen molar-refractivity contribution in [2.45, 2.75) is 85.0 Å². The van der Waals surface area contributed by atoms with Crippen molar-refractivity contribution in [1.29, 1.82) is 0 Å². The zero-order valence-corrected chi connectivity index (χ0v) is 21.3. The maximum absolute atomic E-state index is 6.42. The second-order valence-electron chi connectivity index (χ2n) is 9.72. The fourth-order valence-corrected chi connectivity index (χ4v) is 4.94. The Morgan fingerprint density at radius 2 is 1.44 bits per heavy atom. The fraction of sp³-hybridized carbons (Fsp3) is 0.438. The van der Waals surface area contributed by atoms with Crippen molar-refractivity contribution < 1.29 is 9.47 Å². The molecule has 180 valence electrons. The Morgan fingerprint density at radius 1 is 0.706 bits per heavy atom. The van der Waals surface area contributed by atoms with Gasteiger partial charge in [0.1, 0.15) is 17.2 Å². The van der Waals surface area contributed by atoms with Crippen LogP contribution in [-0.2, 0) is 12.8 Å². The average molecular weight is 457 g/mol. The molecule has 1 aliphatic carbocycles. The van der Waals surface area contributed by atoms with Gasteiger partial charge in [-0.25, -0.2) is 0 Å². The third kappa shape index (κ3) is 6.03. The topological polar surface area (TPSA) is 18.5 Å². The van der Waals surface area contributed by atoms with E-state index in [4.69, 9.17) is 9.47 Å². The summed E-state index contributed by atoms with van der Waals surface area (Å²) in [6.07, 6.45) is 12.6. The summed E-state index contributed by atoms with van der Waals surface area (Å²) in [5, 5.41) is 0. The number of aryl methyl sites for hydroxylation is 2. The van der Waals surface area contributed by atoms with Crippen LogP contribution in [0.1, 0.15) is 80.5 Å². The molecule has 0 atom stereocenters. The molecule has 34 heavy (non-hydrogen) atoms. The van der Waals surface area contributed by atoms with Gasteiger partial charge < -0.3 is 9.47 Å². The Morgan fingerprint density at radius 3 is 2.26 bits per heavy atom. The fourth-order valence-electron chi connectivity index (χ4n) is 4.94.